The van der Waals surface area contributed by atoms with Gasteiger partial charge in [-0.1, -0.05) is 30.3 Å². The lowest BCUT2D eigenvalue weighted by atomic mass is 9.94. The minimum atomic E-state index is -0.348. The molecule has 3 atom stereocenters. The Labute approximate surface area is 204 Å². The number of benzene rings is 2. The van der Waals surface area contributed by atoms with Crippen LogP contribution in [0.3, 0.4) is 0 Å². The molecule has 2 aliphatic heterocycles. The average molecular weight is 482 g/mol. The lowest BCUT2D eigenvalue weighted by Crippen LogP contribution is -2.53. The Kier molecular flexibility index (Phi) is 7.99. The first-order valence-electron chi connectivity index (χ1n) is 11.7. The number of rotatable bonds is 7. The maximum atomic E-state index is 13.3. The van der Waals surface area contributed by atoms with E-state index in [1.54, 1.807) is 30.1 Å². The summed E-state index contributed by atoms with van der Waals surface area (Å²) in [5.74, 6) is -0.155. The first kappa shape index (κ1) is 24.7. The Hall–Kier alpha value is -3.43. The number of nitrogens with zero attached hydrogens (tertiary/aromatic N) is 1. The molecule has 0 aliphatic carbocycles. The number of carbonyl (C=O) groups excluding carboxylic acids is 3. The van der Waals surface area contributed by atoms with E-state index in [0.717, 1.165) is 5.56 Å². The van der Waals surface area contributed by atoms with E-state index in [2.05, 4.69) is 10.6 Å². The van der Waals surface area contributed by atoms with E-state index in [1.165, 1.54) is 7.11 Å². The third-order valence-electron chi connectivity index (χ3n) is 6.32. The highest BCUT2D eigenvalue weighted by Crippen LogP contribution is 2.32. The van der Waals surface area contributed by atoms with Crippen LogP contribution in [0.5, 0.6) is 5.75 Å². The molecule has 1 saturated heterocycles. The summed E-state index contributed by atoms with van der Waals surface area (Å²) in [6.07, 6.45) is 1.04. The van der Waals surface area contributed by atoms with Gasteiger partial charge in [0.1, 0.15) is 25.1 Å². The van der Waals surface area contributed by atoms with E-state index < -0.39 is 0 Å². The van der Waals surface area contributed by atoms with Crippen molar-refractivity contribution in [2.75, 3.05) is 32.7 Å². The van der Waals surface area contributed by atoms with Gasteiger partial charge in [0.15, 0.2) is 0 Å². The standard InChI is InChI=1S/C26H31N3O6/c1-29-21-10-9-19(13-24(30)27-14-17-6-4-3-5-7-17)35-23(21)15-34-22-11-8-18(12-20(22)26(29)32)28-25(31)16-33-2/h3-8,11-12,19,21,23H,9-10,13-16H2,1-2H3,(H,27,30)(H,28,31)/t19-,21-,23-/m1/s1. The molecule has 1 fully saturated rings. The second-order valence-corrected chi connectivity index (χ2v) is 8.83. The predicted molar refractivity (Wildman–Crippen MR) is 129 cm³/mol. The van der Waals surface area contributed by atoms with E-state index in [-0.39, 0.29) is 55.6 Å². The Bertz CT molecular complexity index is 1060. The van der Waals surface area contributed by atoms with Crippen molar-refractivity contribution in [2.24, 2.45) is 0 Å². The van der Waals surface area contributed by atoms with Crippen molar-refractivity contribution in [1.82, 2.24) is 10.2 Å². The Morgan fingerprint density at radius 1 is 1.11 bits per heavy atom. The number of methoxy groups -OCH3 is 1. The zero-order chi connectivity index (χ0) is 24.8. The molecule has 2 aromatic rings. The van der Waals surface area contributed by atoms with Gasteiger partial charge in [-0.3, -0.25) is 14.4 Å². The van der Waals surface area contributed by atoms with E-state index in [9.17, 15) is 14.4 Å². The largest absolute Gasteiger partial charge is 0.490 e. The van der Waals surface area contributed by atoms with Crippen LogP contribution in [0, 0.1) is 0 Å². The van der Waals surface area contributed by atoms with Crippen molar-refractivity contribution in [1.29, 1.82) is 0 Å². The molecule has 9 heteroatoms. The zero-order valence-electron chi connectivity index (χ0n) is 20.0. The van der Waals surface area contributed by atoms with Crippen LogP contribution in [0.15, 0.2) is 48.5 Å². The van der Waals surface area contributed by atoms with Crippen molar-refractivity contribution in [3.63, 3.8) is 0 Å². The number of anilines is 1. The Morgan fingerprint density at radius 2 is 1.91 bits per heavy atom. The van der Waals surface area contributed by atoms with Crippen molar-refractivity contribution >= 4 is 23.4 Å². The first-order valence-corrected chi connectivity index (χ1v) is 11.7. The highest BCUT2D eigenvalue weighted by molar-refractivity contribution is 6.00. The van der Waals surface area contributed by atoms with Crippen LogP contribution in [0.1, 0.15) is 35.2 Å². The first-order chi connectivity index (χ1) is 16.9. The van der Waals surface area contributed by atoms with Gasteiger partial charge in [-0.15, -0.1) is 0 Å². The number of ether oxygens (including phenoxy) is 3. The number of fused-ring (bicyclic) bond motifs is 2. The summed E-state index contributed by atoms with van der Waals surface area (Å²) < 4.78 is 17.0. The fourth-order valence-corrected chi connectivity index (χ4v) is 4.51. The number of hydrogen-bond acceptors (Lipinski definition) is 6. The normalized spacial score (nSPS) is 21.6. The summed E-state index contributed by atoms with van der Waals surface area (Å²) >= 11 is 0. The molecule has 0 aromatic heterocycles. The van der Waals surface area contributed by atoms with E-state index in [0.29, 0.717) is 36.4 Å². The zero-order valence-corrected chi connectivity index (χ0v) is 20.0. The minimum absolute atomic E-state index is 0.0677. The highest BCUT2D eigenvalue weighted by atomic mass is 16.5. The second-order valence-electron chi connectivity index (χ2n) is 8.83. The average Bonchev–Trinajstić information content (AvgIpc) is 2.86. The molecule has 186 valence electrons. The Morgan fingerprint density at radius 3 is 2.69 bits per heavy atom. The molecule has 0 bridgehead atoms. The van der Waals surface area contributed by atoms with Crippen LogP contribution in [0.4, 0.5) is 5.69 Å². The van der Waals surface area contributed by atoms with Crippen LogP contribution in [0.2, 0.25) is 0 Å². The molecule has 35 heavy (non-hydrogen) atoms. The summed E-state index contributed by atoms with van der Waals surface area (Å²) in [4.78, 5) is 39.3. The maximum absolute atomic E-state index is 13.3. The molecule has 9 nitrogen and oxygen atoms in total. The fourth-order valence-electron chi connectivity index (χ4n) is 4.51. The topological polar surface area (TPSA) is 106 Å². The monoisotopic (exact) mass is 481 g/mol. The minimum Gasteiger partial charge on any atom is -0.490 e. The number of likely N-dealkylation sites (N-methyl/N-ethyl adjacent to an activating group) is 1. The van der Waals surface area contributed by atoms with Gasteiger partial charge >= 0.3 is 0 Å². The molecule has 0 saturated carbocycles. The summed E-state index contributed by atoms with van der Waals surface area (Å²) in [5.41, 5.74) is 1.91. The van der Waals surface area contributed by atoms with E-state index >= 15 is 0 Å². The summed E-state index contributed by atoms with van der Waals surface area (Å²) in [7, 11) is 3.19. The highest BCUT2D eigenvalue weighted by Gasteiger charge is 2.39. The van der Waals surface area contributed by atoms with Gasteiger partial charge in [0.2, 0.25) is 11.8 Å². The van der Waals surface area contributed by atoms with Crippen LogP contribution >= 0.6 is 0 Å². The van der Waals surface area contributed by atoms with Crippen molar-refractivity contribution < 1.29 is 28.6 Å². The molecular weight excluding hydrogens is 450 g/mol. The SMILES string of the molecule is COCC(=O)Nc1ccc2c(c1)C(=O)N(C)[C@@H]1CC[C@H](CC(=O)NCc3ccccc3)O[C@@H]1CO2. The van der Waals surface area contributed by atoms with Crippen molar-refractivity contribution in [3.05, 3.63) is 59.7 Å². The van der Waals surface area contributed by atoms with Crippen LogP contribution in [-0.2, 0) is 25.6 Å². The van der Waals surface area contributed by atoms with Gasteiger partial charge in [-0.25, -0.2) is 0 Å². The van der Waals surface area contributed by atoms with Gasteiger partial charge in [0, 0.05) is 26.4 Å². The van der Waals surface area contributed by atoms with Gasteiger partial charge in [-0.2, -0.15) is 0 Å². The number of nitrogens with one attached hydrogen (secondary N) is 2. The van der Waals surface area contributed by atoms with Crippen molar-refractivity contribution in [2.45, 2.75) is 44.1 Å². The van der Waals surface area contributed by atoms with Gasteiger partial charge in [-0.05, 0) is 36.6 Å². The van der Waals surface area contributed by atoms with Crippen LogP contribution in [0.25, 0.3) is 0 Å². The maximum Gasteiger partial charge on any atom is 0.257 e. The van der Waals surface area contributed by atoms with Crippen LogP contribution in [-0.4, -0.2) is 68.2 Å². The molecular formula is C26H31N3O6. The third kappa shape index (κ3) is 6.17. The molecule has 0 spiro atoms. The molecule has 2 N–H and O–H groups in total. The Balaban J connectivity index is 1.38. The molecule has 0 radical (unpaired) electrons. The van der Waals surface area contributed by atoms with Crippen molar-refractivity contribution in [3.8, 4) is 5.75 Å². The number of hydrogen-bond donors (Lipinski definition) is 2. The number of amides is 3. The fraction of sp³-hybridized carbons (Fsp3) is 0.423. The molecule has 2 aliphatic rings. The van der Waals surface area contributed by atoms with Gasteiger partial charge < -0.3 is 29.7 Å². The number of carbonyl (C=O) groups is 3. The van der Waals surface area contributed by atoms with Gasteiger partial charge in [0.25, 0.3) is 5.91 Å². The summed E-state index contributed by atoms with van der Waals surface area (Å²) in [5, 5.41) is 5.66. The molecule has 0 unspecified atom stereocenters. The van der Waals surface area contributed by atoms with Crippen LogP contribution < -0.4 is 15.4 Å². The summed E-state index contributed by atoms with van der Waals surface area (Å²) in [6.45, 7) is 0.657. The second kappa shape index (κ2) is 11.3. The smallest absolute Gasteiger partial charge is 0.257 e. The predicted octanol–water partition coefficient (Wildman–Crippen LogP) is 2.36. The third-order valence-corrected chi connectivity index (χ3v) is 6.32. The molecule has 2 aromatic carbocycles. The van der Waals surface area contributed by atoms with Gasteiger partial charge in [0.05, 0.1) is 24.1 Å². The molecule has 2 heterocycles. The van der Waals surface area contributed by atoms with E-state index in [4.69, 9.17) is 14.2 Å². The molecule has 4 rings (SSSR count). The lowest BCUT2D eigenvalue weighted by Gasteiger charge is -2.42. The summed E-state index contributed by atoms with van der Waals surface area (Å²) in [6, 6.07) is 14.5. The lowest BCUT2D eigenvalue weighted by molar-refractivity contribution is -0.134. The quantitative estimate of drug-likeness (QED) is 0.629. The molecule has 3 amide bonds. The van der Waals surface area contributed by atoms with E-state index in [1.807, 2.05) is 30.3 Å².